The first kappa shape index (κ1) is 17.0. The molecule has 1 aliphatic carbocycles. The highest BCUT2D eigenvalue weighted by atomic mass is 16.5. The molecule has 4 rings (SSSR count). The van der Waals surface area contributed by atoms with Crippen molar-refractivity contribution in [3.8, 4) is 5.75 Å². The summed E-state index contributed by atoms with van der Waals surface area (Å²) in [6.07, 6.45) is 2.11. The maximum Gasteiger partial charge on any atom is 0.229 e. The molecule has 0 saturated carbocycles. The molecule has 1 aliphatic rings. The van der Waals surface area contributed by atoms with Crippen LogP contribution in [0.3, 0.4) is 0 Å². The molecule has 6 nitrogen and oxygen atoms in total. The number of fused-ring (bicyclic) bond motifs is 1. The van der Waals surface area contributed by atoms with Gasteiger partial charge in [-0.2, -0.15) is 4.98 Å². The molecule has 0 saturated heterocycles. The first-order valence-corrected chi connectivity index (χ1v) is 8.90. The van der Waals surface area contributed by atoms with Crippen LogP contribution in [0.15, 0.2) is 54.6 Å². The number of ether oxygens (including phenoxy) is 1. The van der Waals surface area contributed by atoms with Crippen molar-refractivity contribution in [1.29, 1.82) is 0 Å². The molecule has 1 heterocycles. The lowest BCUT2D eigenvalue weighted by Crippen LogP contribution is -2.17. The molecule has 27 heavy (non-hydrogen) atoms. The minimum absolute atomic E-state index is 0.0820. The Balaban J connectivity index is 1.70. The molecule has 1 aromatic heterocycles. The van der Waals surface area contributed by atoms with Gasteiger partial charge in [0.2, 0.25) is 5.95 Å². The predicted octanol–water partition coefficient (Wildman–Crippen LogP) is 4.49. The average Bonchev–Trinajstić information content (AvgIpc) is 2.69. The van der Waals surface area contributed by atoms with E-state index in [0.29, 0.717) is 23.8 Å². The van der Waals surface area contributed by atoms with Gasteiger partial charge in [0.05, 0.1) is 18.4 Å². The van der Waals surface area contributed by atoms with Crippen LogP contribution in [0, 0.1) is 0 Å². The summed E-state index contributed by atoms with van der Waals surface area (Å²) in [6, 6.07) is 17.3. The molecule has 0 spiro atoms. The Kier molecular flexibility index (Phi) is 4.70. The van der Waals surface area contributed by atoms with Gasteiger partial charge < -0.3 is 15.4 Å². The second-order valence-corrected chi connectivity index (χ2v) is 6.34. The van der Waals surface area contributed by atoms with Gasteiger partial charge in [-0.25, -0.2) is 4.98 Å². The third-order valence-corrected chi connectivity index (χ3v) is 4.46. The average molecular weight is 360 g/mol. The Morgan fingerprint density at radius 3 is 2.37 bits per heavy atom. The second-order valence-electron chi connectivity index (χ2n) is 6.34. The second kappa shape index (κ2) is 7.45. The number of anilines is 4. The third-order valence-electron chi connectivity index (χ3n) is 4.46. The zero-order chi connectivity index (χ0) is 18.6. The number of benzene rings is 2. The summed E-state index contributed by atoms with van der Waals surface area (Å²) in [5, 5.41) is 6.49. The summed E-state index contributed by atoms with van der Waals surface area (Å²) in [5.74, 6) is 1.87. The summed E-state index contributed by atoms with van der Waals surface area (Å²) < 4.78 is 5.19. The normalized spacial score (nSPS) is 13.0. The first-order chi connectivity index (χ1) is 13.2. The number of para-hydroxylation sites is 1. The van der Waals surface area contributed by atoms with Gasteiger partial charge in [0.1, 0.15) is 11.6 Å². The van der Waals surface area contributed by atoms with Crippen LogP contribution in [0.4, 0.5) is 23.1 Å². The van der Waals surface area contributed by atoms with E-state index in [2.05, 4.69) is 20.6 Å². The topological polar surface area (TPSA) is 76.1 Å². The summed E-state index contributed by atoms with van der Waals surface area (Å²) in [5.41, 5.74) is 3.11. The molecule has 0 atom stereocenters. The van der Waals surface area contributed by atoms with E-state index in [4.69, 9.17) is 4.74 Å². The minimum atomic E-state index is 0.0820. The molecular formula is C21H20N4O2. The number of aromatic nitrogens is 2. The summed E-state index contributed by atoms with van der Waals surface area (Å²) in [4.78, 5) is 21.7. The zero-order valence-electron chi connectivity index (χ0n) is 15.0. The van der Waals surface area contributed by atoms with Crippen molar-refractivity contribution in [3.63, 3.8) is 0 Å². The molecule has 0 radical (unpaired) electrons. The lowest BCUT2D eigenvalue weighted by molar-refractivity contribution is 0.0972. The fourth-order valence-electron chi connectivity index (χ4n) is 3.13. The van der Waals surface area contributed by atoms with Crippen LogP contribution in [-0.4, -0.2) is 22.9 Å². The number of ketones is 1. The fourth-order valence-corrected chi connectivity index (χ4v) is 3.13. The van der Waals surface area contributed by atoms with Crippen LogP contribution < -0.4 is 15.4 Å². The van der Waals surface area contributed by atoms with E-state index in [1.165, 1.54) is 0 Å². The van der Waals surface area contributed by atoms with Crippen molar-refractivity contribution in [2.75, 3.05) is 17.7 Å². The summed E-state index contributed by atoms with van der Waals surface area (Å²) >= 11 is 0. The molecule has 2 N–H and O–H groups in total. The number of Topliss-reactive ketones (excluding diaryl/α,β-unsaturated/α-hetero) is 1. The third kappa shape index (κ3) is 3.74. The molecule has 0 bridgehead atoms. The highest BCUT2D eigenvalue weighted by Crippen LogP contribution is 2.30. The quantitative estimate of drug-likeness (QED) is 0.698. The van der Waals surface area contributed by atoms with Gasteiger partial charge in [-0.15, -0.1) is 0 Å². The molecule has 0 unspecified atom stereocenters. The number of hydrogen-bond donors (Lipinski definition) is 2. The number of carbonyl (C=O) groups is 1. The van der Waals surface area contributed by atoms with E-state index in [1.807, 2.05) is 54.6 Å². The molecule has 136 valence electrons. The lowest BCUT2D eigenvalue weighted by atomic mass is 9.95. The molecular weight excluding hydrogens is 340 g/mol. The van der Waals surface area contributed by atoms with Crippen LogP contribution in [-0.2, 0) is 6.42 Å². The highest BCUT2D eigenvalue weighted by Gasteiger charge is 2.24. The van der Waals surface area contributed by atoms with Crippen LogP contribution in [0.5, 0.6) is 5.75 Å². The van der Waals surface area contributed by atoms with Gasteiger partial charge in [0.25, 0.3) is 0 Å². The van der Waals surface area contributed by atoms with E-state index in [9.17, 15) is 4.79 Å². The van der Waals surface area contributed by atoms with Crippen LogP contribution in [0.1, 0.15) is 28.9 Å². The Hall–Kier alpha value is -3.41. The number of methoxy groups -OCH3 is 1. The molecule has 6 heteroatoms. The Morgan fingerprint density at radius 2 is 1.63 bits per heavy atom. The van der Waals surface area contributed by atoms with Crippen LogP contribution in [0.25, 0.3) is 0 Å². The predicted molar refractivity (Wildman–Crippen MR) is 105 cm³/mol. The minimum Gasteiger partial charge on any atom is -0.497 e. The van der Waals surface area contributed by atoms with E-state index in [1.54, 1.807) is 7.11 Å². The summed E-state index contributed by atoms with van der Waals surface area (Å²) in [6.45, 7) is 0. The molecule has 0 amide bonds. The summed E-state index contributed by atoms with van der Waals surface area (Å²) in [7, 11) is 1.63. The maximum atomic E-state index is 12.5. The largest absolute Gasteiger partial charge is 0.497 e. The van der Waals surface area contributed by atoms with E-state index < -0.39 is 0 Å². The van der Waals surface area contributed by atoms with Gasteiger partial charge in [-0.1, -0.05) is 18.2 Å². The van der Waals surface area contributed by atoms with Gasteiger partial charge in [0, 0.05) is 17.8 Å². The van der Waals surface area contributed by atoms with Crippen molar-refractivity contribution >= 4 is 28.9 Å². The molecule has 3 aromatic rings. The van der Waals surface area contributed by atoms with E-state index in [0.717, 1.165) is 35.7 Å². The fraction of sp³-hybridized carbons (Fsp3) is 0.190. The molecule has 2 aromatic carbocycles. The molecule has 0 aliphatic heterocycles. The van der Waals surface area contributed by atoms with E-state index in [-0.39, 0.29) is 5.78 Å². The van der Waals surface area contributed by atoms with Crippen molar-refractivity contribution in [2.45, 2.75) is 19.3 Å². The maximum absolute atomic E-state index is 12.5. The van der Waals surface area contributed by atoms with Gasteiger partial charge in [0.15, 0.2) is 5.78 Å². The van der Waals surface area contributed by atoms with Gasteiger partial charge >= 0.3 is 0 Å². The number of hydrogen-bond acceptors (Lipinski definition) is 6. The van der Waals surface area contributed by atoms with Crippen molar-refractivity contribution in [3.05, 3.63) is 65.9 Å². The SMILES string of the molecule is COc1ccc(Nc2nc(Nc3ccccc3)nc3c2C(=O)CCC3)cc1. The Labute approximate surface area is 157 Å². The number of nitrogens with zero attached hydrogens (tertiary/aromatic N) is 2. The monoisotopic (exact) mass is 360 g/mol. The standard InChI is InChI=1S/C21H20N4O2/c1-27-16-12-10-15(11-13-16)22-20-19-17(8-5-9-18(19)26)24-21(25-20)23-14-6-3-2-4-7-14/h2-4,6-7,10-13H,5,8-9H2,1H3,(H2,22,23,24,25). The zero-order valence-corrected chi connectivity index (χ0v) is 15.0. The van der Waals surface area contributed by atoms with Crippen LogP contribution >= 0.6 is 0 Å². The van der Waals surface area contributed by atoms with Gasteiger partial charge in [-0.3, -0.25) is 4.79 Å². The Bertz CT molecular complexity index is 956. The van der Waals surface area contributed by atoms with Gasteiger partial charge in [-0.05, 0) is 49.2 Å². The highest BCUT2D eigenvalue weighted by molar-refractivity contribution is 6.03. The Morgan fingerprint density at radius 1 is 0.889 bits per heavy atom. The van der Waals surface area contributed by atoms with Crippen molar-refractivity contribution in [1.82, 2.24) is 9.97 Å². The molecule has 0 fully saturated rings. The van der Waals surface area contributed by atoms with E-state index >= 15 is 0 Å². The number of carbonyl (C=O) groups excluding carboxylic acids is 1. The van der Waals surface area contributed by atoms with Crippen molar-refractivity contribution in [2.24, 2.45) is 0 Å². The van der Waals surface area contributed by atoms with Crippen molar-refractivity contribution < 1.29 is 9.53 Å². The number of nitrogens with one attached hydrogen (secondary N) is 2. The first-order valence-electron chi connectivity index (χ1n) is 8.90. The smallest absolute Gasteiger partial charge is 0.229 e. The lowest BCUT2D eigenvalue weighted by Gasteiger charge is -2.19. The number of rotatable bonds is 5. The number of aryl methyl sites for hydroxylation is 1. The van der Waals surface area contributed by atoms with Crippen LogP contribution in [0.2, 0.25) is 0 Å².